The highest BCUT2D eigenvalue weighted by molar-refractivity contribution is 5.89. The Balaban J connectivity index is 1.49. The molecule has 0 radical (unpaired) electrons. The van der Waals surface area contributed by atoms with Crippen LogP contribution in [0, 0.1) is 5.92 Å². The average molecular weight is 353 g/mol. The highest BCUT2D eigenvalue weighted by atomic mass is 16.2. The van der Waals surface area contributed by atoms with Crippen molar-refractivity contribution in [3.05, 3.63) is 30.6 Å². The molecule has 138 valence electrons. The topological polar surface area (TPSA) is 75.4 Å². The van der Waals surface area contributed by atoms with Gasteiger partial charge in [-0.15, -0.1) is 0 Å². The summed E-state index contributed by atoms with van der Waals surface area (Å²) in [6, 6.07) is 8.23. The molecular weight excluding hydrogens is 326 g/mol. The number of urea groups is 1. The van der Waals surface area contributed by atoms with Crippen LogP contribution >= 0.6 is 0 Å². The zero-order valence-corrected chi connectivity index (χ0v) is 15.2. The van der Waals surface area contributed by atoms with Gasteiger partial charge in [-0.05, 0) is 43.7 Å². The maximum Gasteiger partial charge on any atom is 0.315 e. The summed E-state index contributed by atoms with van der Waals surface area (Å²) < 4.78 is 0. The number of para-hydroxylation sites is 1. The van der Waals surface area contributed by atoms with Gasteiger partial charge in [-0.25, -0.2) is 14.8 Å². The molecule has 2 fully saturated rings. The molecule has 2 saturated heterocycles. The van der Waals surface area contributed by atoms with Crippen molar-refractivity contribution in [3.63, 3.8) is 0 Å². The SMILES string of the molecule is NC(=O)N1CCCCC[C@@H]1C1CCN(c2ncnc3ccccc23)CC1. The number of hydrogen-bond donors (Lipinski definition) is 1. The summed E-state index contributed by atoms with van der Waals surface area (Å²) in [6.45, 7) is 2.75. The summed E-state index contributed by atoms with van der Waals surface area (Å²) >= 11 is 0. The number of carbonyl (C=O) groups excluding carboxylic acids is 1. The van der Waals surface area contributed by atoms with Crippen LogP contribution < -0.4 is 10.6 Å². The van der Waals surface area contributed by atoms with Gasteiger partial charge >= 0.3 is 6.03 Å². The van der Waals surface area contributed by atoms with E-state index < -0.39 is 0 Å². The van der Waals surface area contributed by atoms with E-state index in [0.29, 0.717) is 12.0 Å². The van der Waals surface area contributed by atoms with Gasteiger partial charge in [0.05, 0.1) is 5.52 Å². The van der Waals surface area contributed by atoms with E-state index in [1.54, 1.807) is 6.33 Å². The van der Waals surface area contributed by atoms with E-state index in [2.05, 4.69) is 20.9 Å². The largest absolute Gasteiger partial charge is 0.356 e. The van der Waals surface area contributed by atoms with E-state index in [4.69, 9.17) is 5.73 Å². The number of hydrogen-bond acceptors (Lipinski definition) is 4. The Labute approximate surface area is 154 Å². The number of aromatic nitrogens is 2. The Bertz CT molecular complexity index is 766. The van der Waals surface area contributed by atoms with Crippen LogP contribution in [0.1, 0.15) is 38.5 Å². The van der Waals surface area contributed by atoms with Gasteiger partial charge in [0, 0.05) is 31.1 Å². The number of nitrogens with zero attached hydrogens (tertiary/aromatic N) is 4. The molecule has 2 amide bonds. The Morgan fingerprint density at radius 1 is 1.00 bits per heavy atom. The number of amides is 2. The Kier molecular flexibility index (Phi) is 4.91. The molecule has 26 heavy (non-hydrogen) atoms. The summed E-state index contributed by atoms with van der Waals surface area (Å²) in [5.74, 6) is 1.56. The van der Waals surface area contributed by atoms with E-state index >= 15 is 0 Å². The molecule has 2 aliphatic rings. The molecule has 0 aliphatic carbocycles. The molecule has 1 aromatic heterocycles. The minimum Gasteiger partial charge on any atom is -0.356 e. The van der Waals surface area contributed by atoms with Crippen LogP contribution in [0.15, 0.2) is 30.6 Å². The summed E-state index contributed by atoms with van der Waals surface area (Å²) in [5.41, 5.74) is 6.66. The first kappa shape index (κ1) is 17.1. The van der Waals surface area contributed by atoms with Crippen molar-refractivity contribution in [2.75, 3.05) is 24.5 Å². The number of carbonyl (C=O) groups is 1. The number of piperidine rings is 1. The second-order valence-corrected chi connectivity index (χ2v) is 7.49. The Morgan fingerprint density at radius 2 is 1.81 bits per heavy atom. The zero-order valence-electron chi connectivity index (χ0n) is 15.2. The average Bonchev–Trinajstić information content (AvgIpc) is 2.94. The first-order valence-electron chi connectivity index (χ1n) is 9.75. The summed E-state index contributed by atoms with van der Waals surface area (Å²) in [4.78, 5) is 25.1. The van der Waals surface area contributed by atoms with Crippen molar-refractivity contribution in [1.29, 1.82) is 0 Å². The van der Waals surface area contributed by atoms with Crippen LogP contribution in [0.3, 0.4) is 0 Å². The molecule has 2 aromatic rings. The molecule has 0 bridgehead atoms. The molecule has 1 atom stereocenters. The molecule has 0 unspecified atom stereocenters. The quantitative estimate of drug-likeness (QED) is 0.900. The van der Waals surface area contributed by atoms with Crippen molar-refractivity contribution < 1.29 is 4.79 Å². The van der Waals surface area contributed by atoms with Gasteiger partial charge < -0.3 is 15.5 Å². The van der Waals surface area contributed by atoms with Crippen LogP contribution in [0.25, 0.3) is 10.9 Å². The fourth-order valence-electron chi connectivity index (χ4n) is 4.64. The van der Waals surface area contributed by atoms with E-state index in [9.17, 15) is 4.79 Å². The monoisotopic (exact) mass is 353 g/mol. The fraction of sp³-hybridized carbons (Fsp3) is 0.550. The van der Waals surface area contributed by atoms with E-state index in [1.165, 1.54) is 12.8 Å². The van der Waals surface area contributed by atoms with Crippen LogP contribution in [0.2, 0.25) is 0 Å². The zero-order chi connectivity index (χ0) is 17.9. The summed E-state index contributed by atoms with van der Waals surface area (Å²) in [6.07, 6.45) is 8.37. The molecule has 1 aromatic carbocycles. The summed E-state index contributed by atoms with van der Waals surface area (Å²) in [5, 5.41) is 1.11. The number of rotatable bonds is 2. The first-order valence-corrected chi connectivity index (χ1v) is 9.75. The van der Waals surface area contributed by atoms with Gasteiger partial charge in [-0.3, -0.25) is 0 Å². The highest BCUT2D eigenvalue weighted by Gasteiger charge is 2.33. The van der Waals surface area contributed by atoms with Crippen molar-refractivity contribution in [1.82, 2.24) is 14.9 Å². The van der Waals surface area contributed by atoms with Crippen LogP contribution in [0.4, 0.5) is 10.6 Å². The van der Waals surface area contributed by atoms with Crippen molar-refractivity contribution in [2.45, 2.75) is 44.6 Å². The van der Waals surface area contributed by atoms with E-state index in [1.807, 2.05) is 23.1 Å². The van der Waals surface area contributed by atoms with Gasteiger partial charge in [0.2, 0.25) is 0 Å². The lowest BCUT2D eigenvalue weighted by molar-refractivity contribution is 0.143. The van der Waals surface area contributed by atoms with Gasteiger partial charge in [0.1, 0.15) is 12.1 Å². The molecule has 6 nitrogen and oxygen atoms in total. The van der Waals surface area contributed by atoms with Crippen LogP contribution in [-0.2, 0) is 0 Å². The molecular formula is C20H27N5O. The third-order valence-electron chi connectivity index (χ3n) is 5.99. The maximum absolute atomic E-state index is 11.9. The number of anilines is 1. The normalized spacial score (nSPS) is 22.4. The van der Waals surface area contributed by atoms with Gasteiger partial charge in [-0.1, -0.05) is 25.0 Å². The van der Waals surface area contributed by atoms with Crippen LogP contribution in [0.5, 0.6) is 0 Å². The van der Waals surface area contributed by atoms with E-state index in [0.717, 1.165) is 62.0 Å². The Hall–Kier alpha value is -2.37. The number of likely N-dealkylation sites (tertiary alicyclic amines) is 1. The standard InChI is InChI=1S/C20H27N5O/c21-20(26)25-11-5-1-2-8-18(25)15-9-12-24(13-10-15)19-16-6-3-4-7-17(16)22-14-23-19/h3-4,6-7,14-15,18H,1-2,5,8-13H2,(H2,21,26)/t18-/m1/s1. The third-order valence-corrected chi connectivity index (χ3v) is 5.99. The summed E-state index contributed by atoms with van der Waals surface area (Å²) in [7, 11) is 0. The fourth-order valence-corrected chi connectivity index (χ4v) is 4.64. The molecule has 2 N–H and O–H groups in total. The highest BCUT2D eigenvalue weighted by Crippen LogP contribution is 2.32. The third kappa shape index (κ3) is 3.32. The molecule has 3 heterocycles. The molecule has 6 heteroatoms. The molecule has 0 saturated carbocycles. The van der Waals surface area contributed by atoms with Crippen molar-refractivity contribution in [2.24, 2.45) is 11.7 Å². The van der Waals surface area contributed by atoms with Crippen LogP contribution in [-0.4, -0.2) is 46.6 Å². The number of fused-ring (bicyclic) bond motifs is 1. The second-order valence-electron chi connectivity index (χ2n) is 7.49. The molecule has 0 spiro atoms. The lowest BCUT2D eigenvalue weighted by atomic mass is 9.86. The smallest absolute Gasteiger partial charge is 0.315 e. The lowest BCUT2D eigenvalue weighted by Gasteiger charge is -2.40. The first-order chi connectivity index (χ1) is 12.7. The van der Waals surface area contributed by atoms with Gasteiger partial charge in [-0.2, -0.15) is 0 Å². The minimum atomic E-state index is -0.249. The minimum absolute atomic E-state index is 0.249. The van der Waals surface area contributed by atoms with Gasteiger partial charge in [0.25, 0.3) is 0 Å². The second kappa shape index (κ2) is 7.48. The predicted molar refractivity (Wildman–Crippen MR) is 103 cm³/mol. The van der Waals surface area contributed by atoms with E-state index in [-0.39, 0.29) is 6.03 Å². The number of primary amides is 1. The molecule has 4 rings (SSSR count). The number of benzene rings is 1. The predicted octanol–water partition coefficient (Wildman–Crippen LogP) is 3.17. The van der Waals surface area contributed by atoms with Crippen molar-refractivity contribution >= 4 is 22.8 Å². The van der Waals surface area contributed by atoms with Crippen molar-refractivity contribution in [3.8, 4) is 0 Å². The number of nitrogens with two attached hydrogens (primary N) is 1. The Morgan fingerprint density at radius 3 is 2.62 bits per heavy atom. The molecule has 2 aliphatic heterocycles. The lowest BCUT2D eigenvalue weighted by Crippen LogP contribution is -2.49. The maximum atomic E-state index is 11.9. The van der Waals surface area contributed by atoms with Gasteiger partial charge in [0.15, 0.2) is 0 Å².